The highest BCUT2D eigenvalue weighted by Gasteiger charge is 2.16. The van der Waals surface area contributed by atoms with E-state index < -0.39 is 0 Å². The molecule has 0 fully saturated rings. The quantitative estimate of drug-likeness (QED) is 0.857. The van der Waals surface area contributed by atoms with Crippen molar-refractivity contribution in [3.63, 3.8) is 0 Å². The number of carbonyl (C=O) groups excluding carboxylic acids is 1. The molecule has 0 saturated carbocycles. The van der Waals surface area contributed by atoms with Crippen molar-refractivity contribution in [2.45, 2.75) is 0 Å². The molecule has 0 heterocycles. The number of hydrogen-bond donors (Lipinski definition) is 1. The molecule has 0 aromatic heterocycles. The predicted octanol–water partition coefficient (Wildman–Crippen LogP) is 3.66. The fraction of sp³-hybridized carbons (Fsp3) is 0.133. The van der Waals surface area contributed by atoms with Gasteiger partial charge in [-0.15, -0.1) is 0 Å². The molecule has 0 bridgehead atoms. The molecule has 2 aromatic rings. The summed E-state index contributed by atoms with van der Waals surface area (Å²) >= 11 is 3.09. The van der Waals surface area contributed by atoms with Crippen LogP contribution in [-0.4, -0.2) is 24.9 Å². The van der Waals surface area contributed by atoms with Gasteiger partial charge in [-0.2, -0.15) is 0 Å². The van der Waals surface area contributed by atoms with Crippen molar-refractivity contribution in [1.29, 1.82) is 0 Å². The highest BCUT2D eigenvalue weighted by atomic mass is 79.9. The van der Waals surface area contributed by atoms with Crippen LogP contribution in [0.1, 0.15) is 10.4 Å². The van der Waals surface area contributed by atoms with E-state index in [4.69, 9.17) is 10.5 Å². The maximum atomic E-state index is 13.2. The Bertz CT molecular complexity index is 689. The molecule has 1 amide bonds. The molecule has 0 saturated heterocycles. The summed E-state index contributed by atoms with van der Waals surface area (Å²) in [6, 6.07) is 9.04. The number of rotatable bonds is 3. The largest absolute Gasteiger partial charge is 0.456 e. The van der Waals surface area contributed by atoms with E-state index in [-0.39, 0.29) is 16.2 Å². The Morgan fingerprint density at radius 3 is 2.57 bits per heavy atom. The summed E-state index contributed by atoms with van der Waals surface area (Å²) in [5, 5.41) is 0. The SMILES string of the molecule is CN(C)C(=O)c1ccc(N)cc1Oc1ccc(F)c(Br)c1. The molecule has 4 nitrogen and oxygen atoms in total. The third-order valence-corrected chi connectivity index (χ3v) is 3.37. The van der Waals surface area contributed by atoms with Gasteiger partial charge in [-0.1, -0.05) is 0 Å². The van der Waals surface area contributed by atoms with Crippen LogP contribution in [0.2, 0.25) is 0 Å². The number of nitrogens with two attached hydrogens (primary N) is 1. The number of amides is 1. The van der Waals surface area contributed by atoms with Gasteiger partial charge in [0.05, 0.1) is 10.0 Å². The zero-order valence-electron chi connectivity index (χ0n) is 11.6. The van der Waals surface area contributed by atoms with Gasteiger partial charge in [-0.3, -0.25) is 4.79 Å². The van der Waals surface area contributed by atoms with E-state index in [1.54, 1.807) is 32.3 Å². The van der Waals surface area contributed by atoms with Gasteiger partial charge in [0.1, 0.15) is 17.3 Å². The third-order valence-electron chi connectivity index (χ3n) is 2.76. The van der Waals surface area contributed by atoms with Crippen LogP contribution in [0.3, 0.4) is 0 Å². The molecule has 0 atom stereocenters. The lowest BCUT2D eigenvalue weighted by Gasteiger charge is -2.15. The number of nitrogens with zero attached hydrogens (tertiary/aromatic N) is 1. The summed E-state index contributed by atoms with van der Waals surface area (Å²) in [5.74, 6) is 0.139. The molecule has 2 N–H and O–H groups in total. The predicted molar refractivity (Wildman–Crippen MR) is 83.0 cm³/mol. The summed E-state index contributed by atoms with van der Waals surface area (Å²) in [6.45, 7) is 0. The maximum absolute atomic E-state index is 13.2. The number of anilines is 1. The molecule has 0 unspecified atom stereocenters. The van der Waals surface area contributed by atoms with Crippen LogP contribution in [0, 0.1) is 5.82 Å². The van der Waals surface area contributed by atoms with Gasteiger partial charge in [-0.05, 0) is 46.3 Å². The smallest absolute Gasteiger partial charge is 0.257 e. The normalized spacial score (nSPS) is 10.3. The first-order valence-corrected chi connectivity index (χ1v) is 6.92. The van der Waals surface area contributed by atoms with Gasteiger partial charge >= 0.3 is 0 Å². The Hall–Kier alpha value is -2.08. The number of carbonyl (C=O) groups is 1. The van der Waals surface area contributed by atoms with Crippen LogP contribution in [0.5, 0.6) is 11.5 Å². The third kappa shape index (κ3) is 3.52. The van der Waals surface area contributed by atoms with Crippen molar-refractivity contribution in [3.05, 3.63) is 52.3 Å². The van der Waals surface area contributed by atoms with Gasteiger partial charge in [-0.25, -0.2) is 4.39 Å². The number of hydrogen-bond acceptors (Lipinski definition) is 3. The molecule has 6 heteroatoms. The van der Waals surface area contributed by atoms with Crippen molar-refractivity contribution < 1.29 is 13.9 Å². The molecule has 0 spiro atoms. The Morgan fingerprint density at radius 2 is 1.95 bits per heavy atom. The van der Waals surface area contributed by atoms with Crippen LogP contribution >= 0.6 is 15.9 Å². The van der Waals surface area contributed by atoms with Gasteiger partial charge in [0, 0.05) is 25.8 Å². The van der Waals surface area contributed by atoms with Gasteiger partial charge < -0.3 is 15.4 Å². The van der Waals surface area contributed by atoms with Crippen molar-refractivity contribution in [2.24, 2.45) is 0 Å². The van der Waals surface area contributed by atoms with Crippen LogP contribution in [0.15, 0.2) is 40.9 Å². The molecule has 0 aliphatic rings. The average molecular weight is 353 g/mol. The first-order valence-electron chi connectivity index (χ1n) is 6.12. The van der Waals surface area contributed by atoms with Crippen LogP contribution < -0.4 is 10.5 Å². The lowest BCUT2D eigenvalue weighted by Crippen LogP contribution is -2.22. The van der Waals surface area contributed by atoms with E-state index in [0.717, 1.165) is 0 Å². The zero-order valence-corrected chi connectivity index (χ0v) is 13.1. The van der Waals surface area contributed by atoms with Crippen LogP contribution in [0.4, 0.5) is 10.1 Å². The minimum atomic E-state index is -0.389. The average Bonchev–Trinajstić information content (AvgIpc) is 2.42. The minimum absolute atomic E-state index is 0.203. The summed E-state index contributed by atoms with van der Waals surface area (Å²) in [7, 11) is 3.30. The fourth-order valence-corrected chi connectivity index (χ4v) is 2.07. The lowest BCUT2D eigenvalue weighted by atomic mass is 10.1. The van der Waals surface area contributed by atoms with Crippen molar-refractivity contribution in [3.8, 4) is 11.5 Å². The summed E-state index contributed by atoms with van der Waals surface area (Å²) in [5.41, 5.74) is 6.59. The van der Waals surface area contributed by atoms with E-state index in [1.165, 1.54) is 23.1 Å². The molecular weight excluding hydrogens is 339 g/mol. The highest BCUT2D eigenvalue weighted by molar-refractivity contribution is 9.10. The van der Waals surface area contributed by atoms with Crippen molar-refractivity contribution in [1.82, 2.24) is 4.90 Å². The Balaban J connectivity index is 2.40. The summed E-state index contributed by atoms with van der Waals surface area (Å²) in [6.07, 6.45) is 0. The Kier molecular flexibility index (Phi) is 4.47. The van der Waals surface area contributed by atoms with E-state index in [9.17, 15) is 9.18 Å². The second kappa shape index (κ2) is 6.13. The second-order valence-electron chi connectivity index (χ2n) is 4.63. The first-order chi connectivity index (χ1) is 9.88. The summed E-state index contributed by atoms with van der Waals surface area (Å²) < 4.78 is 19.2. The Labute approximate surface area is 130 Å². The first kappa shape index (κ1) is 15.3. The summed E-state index contributed by atoms with van der Waals surface area (Å²) in [4.78, 5) is 13.6. The molecular formula is C15H14BrFN2O2. The van der Waals surface area contributed by atoms with Crippen molar-refractivity contribution >= 4 is 27.5 Å². The molecule has 2 rings (SSSR count). The second-order valence-corrected chi connectivity index (χ2v) is 5.49. The Morgan fingerprint density at radius 1 is 1.24 bits per heavy atom. The molecule has 0 aliphatic heterocycles. The fourth-order valence-electron chi connectivity index (χ4n) is 1.71. The number of benzene rings is 2. The molecule has 0 aliphatic carbocycles. The van der Waals surface area contributed by atoms with Gasteiger partial charge in [0.2, 0.25) is 0 Å². The molecule has 0 radical (unpaired) electrons. The highest BCUT2D eigenvalue weighted by Crippen LogP contribution is 2.30. The van der Waals surface area contributed by atoms with Gasteiger partial charge in [0.25, 0.3) is 5.91 Å². The minimum Gasteiger partial charge on any atom is -0.456 e. The van der Waals surface area contributed by atoms with E-state index in [0.29, 0.717) is 22.7 Å². The maximum Gasteiger partial charge on any atom is 0.257 e. The topological polar surface area (TPSA) is 55.6 Å². The van der Waals surface area contributed by atoms with E-state index in [1.807, 2.05) is 0 Å². The number of nitrogen functional groups attached to an aromatic ring is 1. The number of halogens is 2. The molecule has 2 aromatic carbocycles. The zero-order chi connectivity index (χ0) is 15.6. The van der Waals surface area contributed by atoms with Gasteiger partial charge in [0.15, 0.2) is 0 Å². The van der Waals surface area contributed by atoms with Crippen LogP contribution in [0.25, 0.3) is 0 Å². The molecule has 21 heavy (non-hydrogen) atoms. The lowest BCUT2D eigenvalue weighted by molar-refractivity contribution is 0.0825. The molecule has 110 valence electrons. The van der Waals surface area contributed by atoms with Crippen LogP contribution in [-0.2, 0) is 0 Å². The monoisotopic (exact) mass is 352 g/mol. The van der Waals surface area contributed by atoms with Crippen molar-refractivity contribution in [2.75, 3.05) is 19.8 Å². The standard InChI is InChI=1S/C15H14BrFN2O2/c1-19(2)15(20)11-5-3-9(18)7-14(11)21-10-4-6-13(17)12(16)8-10/h3-8H,18H2,1-2H3. The number of ether oxygens (including phenoxy) is 1. The van der Waals surface area contributed by atoms with E-state index in [2.05, 4.69) is 15.9 Å². The van der Waals surface area contributed by atoms with E-state index >= 15 is 0 Å².